The molecule has 1 amide bonds. The summed E-state index contributed by atoms with van der Waals surface area (Å²) in [7, 11) is 0. The number of hydrogen-bond acceptors (Lipinski definition) is 6. The van der Waals surface area contributed by atoms with E-state index >= 15 is 0 Å². The Morgan fingerprint density at radius 2 is 2.06 bits per heavy atom. The molecule has 8 nitrogen and oxygen atoms in total. The molecule has 2 aromatic heterocycles. The second-order valence-electron chi connectivity index (χ2n) is 7.15. The quantitative estimate of drug-likeness (QED) is 0.447. The maximum Gasteiger partial charge on any atom is 0.269 e. The lowest BCUT2D eigenvalue weighted by Crippen LogP contribution is -2.41. The maximum atomic E-state index is 13.2. The molecule has 0 aliphatic carbocycles. The van der Waals surface area contributed by atoms with Gasteiger partial charge in [-0.3, -0.25) is 14.0 Å². The minimum atomic E-state index is -0.471. The minimum absolute atomic E-state index is 0.000498. The smallest absolute Gasteiger partial charge is 0.269 e. The number of fused-ring (bicyclic) bond motifs is 1. The van der Waals surface area contributed by atoms with Crippen molar-refractivity contribution in [1.29, 1.82) is 5.26 Å². The molecule has 3 aromatic rings. The number of aromatic nitrogens is 2. The Hall–Kier alpha value is -3.67. The van der Waals surface area contributed by atoms with E-state index in [-0.39, 0.29) is 17.0 Å². The number of nitriles is 1. The van der Waals surface area contributed by atoms with E-state index in [9.17, 15) is 14.9 Å². The van der Waals surface area contributed by atoms with E-state index in [2.05, 4.69) is 4.98 Å². The average Bonchev–Trinajstić information content (AvgIpc) is 2.81. The van der Waals surface area contributed by atoms with Crippen molar-refractivity contribution in [3.05, 3.63) is 74.7 Å². The van der Waals surface area contributed by atoms with E-state index in [1.165, 1.54) is 15.4 Å². The summed E-state index contributed by atoms with van der Waals surface area (Å²) in [5.74, 6) is -0.0566. The molecule has 32 heavy (non-hydrogen) atoms. The number of benzene rings is 1. The fourth-order valence-corrected chi connectivity index (χ4v) is 3.42. The van der Waals surface area contributed by atoms with Gasteiger partial charge in [0.1, 0.15) is 28.6 Å². The fourth-order valence-electron chi connectivity index (χ4n) is 3.30. The first-order chi connectivity index (χ1) is 15.5. The van der Waals surface area contributed by atoms with E-state index in [4.69, 9.17) is 21.1 Å². The van der Waals surface area contributed by atoms with Crippen molar-refractivity contribution in [3.8, 4) is 17.7 Å². The Morgan fingerprint density at radius 3 is 2.78 bits per heavy atom. The molecule has 3 heterocycles. The van der Waals surface area contributed by atoms with Crippen LogP contribution in [0.5, 0.6) is 11.6 Å². The van der Waals surface area contributed by atoms with Crippen LogP contribution in [0, 0.1) is 18.3 Å². The first kappa shape index (κ1) is 21.6. The van der Waals surface area contributed by atoms with Gasteiger partial charge in [-0.2, -0.15) is 10.2 Å². The average molecular weight is 451 g/mol. The van der Waals surface area contributed by atoms with E-state index < -0.39 is 11.5 Å². The SMILES string of the molecule is Cc1cc(Oc2nc3ccccn3c(=O)c2C=C(C#N)C(=O)N2CCOCC2)ccc1Cl. The van der Waals surface area contributed by atoms with Gasteiger partial charge < -0.3 is 14.4 Å². The number of pyridine rings is 1. The zero-order chi connectivity index (χ0) is 22.7. The summed E-state index contributed by atoms with van der Waals surface area (Å²) in [4.78, 5) is 32.1. The third-order valence-corrected chi connectivity index (χ3v) is 5.44. The topological polar surface area (TPSA) is 96.9 Å². The van der Waals surface area contributed by atoms with Gasteiger partial charge in [0.2, 0.25) is 5.88 Å². The molecule has 9 heteroatoms. The van der Waals surface area contributed by atoms with Crippen LogP contribution >= 0.6 is 11.6 Å². The molecule has 162 valence electrons. The van der Waals surface area contributed by atoms with Crippen LogP contribution in [-0.4, -0.2) is 46.5 Å². The number of hydrogen-bond donors (Lipinski definition) is 0. The molecule has 0 atom stereocenters. The second kappa shape index (κ2) is 9.22. The number of carbonyl (C=O) groups excluding carboxylic acids is 1. The summed E-state index contributed by atoms with van der Waals surface area (Å²) < 4.78 is 12.5. The molecule has 0 radical (unpaired) electrons. The first-order valence-corrected chi connectivity index (χ1v) is 10.3. The lowest BCUT2D eigenvalue weighted by molar-refractivity contribution is -0.130. The highest BCUT2D eigenvalue weighted by Gasteiger charge is 2.23. The van der Waals surface area contributed by atoms with Crippen LogP contribution in [0.15, 0.2) is 53.0 Å². The second-order valence-corrected chi connectivity index (χ2v) is 7.56. The summed E-state index contributed by atoms with van der Waals surface area (Å²) in [5, 5.41) is 10.2. The van der Waals surface area contributed by atoms with Crippen molar-refractivity contribution in [2.24, 2.45) is 0 Å². The zero-order valence-electron chi connectivity index (χ0n) is 17.2. The van der Waals surface area contributed by atoms with Crippen molar-refractivity contribution in [2.45, 2.75) is 6.92 Å². The van der Waals surface area contributed by atoms with Gasteiger partial charge >= 0.3 is 0 Å². The highest BCUT2D eigenvalue weighted by molar-refractivity contribution is 6.31. The van der Waals surface area contributed by atoms with Crippen molar-refractivity contribution in [1.82, 2.24) is 14.3 Å². The number of carbonyl (C=O) groups is 1. The number of nitrogens with zero attached hydrogens (tertiary/aromatic N) is 4. The fraction of sp³-hybridized carbons (Fsp3) is 0.217. The molecule has 0 N–H and O–H groups in total. The Balaban J connectivity index is 1.83. The minimum Gasteiger partial charge on any atom is -0.438 e. The van der Waals surface area contributed by atoms with E-state index in [1.807, 2.05) is 13.0 Å². The van der Waals surface area contributed by atoms with Crippen LogP contribution in [0.2, 0.25) is 5.02 Å². The first-order valence-electron chi connectivity index (χ1n) is 9.92. The number of amides is 1. The molecule has 4 rings (SSSR count). The van der Waals surface area contributed by atoms with Gasteiger partial charge in [-0.25, -0.2) is 0 Å². The van der Waals surface area contributed by atoms with E-state index in [0.29, 0.717) is 42.7 Å². The third-order valence-electron chi connectivity index (χ3n) is 5.02. The molecule has 1 aliphatic rings. The van der Waals surface area contributed by atoms with Crippen LogP contribution in [0.3, 0.4) is 0 Å². The number of aryl methyl sites for hydroxylation is 1. The summed E-state index contributed by atoms with van der Waals surface area (Å²) in [6.07, 6.45) is 2.80. The van der Waals surface area contributed by atoms with Crippen molar-refractivity contribution in [3.63, 3.8) is 0 Å². The number of rotatable bonds is 4. The third kappa shape index (κ3) is 4.35. The van der Waals surface area contributed by atoms with Gasteiger partial charge in [-0.15, -0.1) is 0 Å². The molecule has 1 fully saturated rings. The standard InChI is InChI=1S/C23H19ClN4O4/c1-15-12-17(5-6-19(15)24)32-21-18(23(30)28-7-3-2-4-20(28)26-21)13-16(14-25)22(29)27-8-10-31-11-9-27/h2-7,12-13H,8-11H2,1H3. The molecular weight excluding hydrogens is 432 g/mol. The van der Waals surface area contributed by atoms with Crippen LogP contribution in [0.25, 0.3) is 11.7 Å². The highest BCUT2D eigenvalue weighted by atomic mass is 35.5. The highest BCUT2D eigenvalue weighted by Crippen LogP contribution is 2.27. The normalized spacial score (nSPS) is 14.3. The van der Waals surface area contributed by atoms with Crippen LogP contribution < -0.4 is 10.3 Å². The largest absolute Gasteiger partial charge is 0.438 e. The predicted octanol–water partition coefficient (Wildman–Crippen LogP) is 3.21. The number of morpholine rings is 1. The Labute approximate surface area is 188 Å². The molecule has 0 bridgehead atoms. The van der Waals surface area contributed by atoms with Gasteiger partial charge in [0.05, 0.1) is 13.2 Å². The summed E-state index contributed by atoms with van der Waals surface area (Å²) >= 11 is 6.09. The van der Waals surface area contributed by atoms with Crippen molar-refractivity contribution in [2.75, 3.05) is 26.3 Å². The molecule has 1 aliphatic heterocycles. The number of ether oxygens (including phenoxy) is 2. The lowest BCUT2D eigenvalue weighted by Gasteiger charge is -2.26. The Bertz CT molecular complexity index is 1320. The van der Waals surface area contributed by atoms with Gasteiger partial charge in [0.25, 0.3) is 11.5 Å². The summed E-state index contributed by atoms with van der Waals surface area (Å²) in [6, 6.07) is 12.1. The molecule has 0 spiro atoms. The maximum absolute atomic E-state index is 13.2. The Kier molecular flexibility index (Phi) is 6.21. The molecule has 0 saturated carbocycles. The van der Waals surface area contributed by atoms with E-state index in [1.54, 1.807) is 42.6 Å². The summed E-state index contributed by atoms with van der Waals surface area (Å²) in [6.45, 7) is 3.37. The molecule has 1 saturated heterocycles. The van der Waals surface area contributed by atoms with Crippen molar-refractivity contribution >= 4 is 29.2 Å². The zero-order valence-corrected chi connectivity index (χ0v) is 18.0. The molecule has 1 aromatic carbocycles. The van der Waals surface area contributed by atoms with Crippen molar-refractivity contribution < 1.29 is 14.3 Å². The lowest BCUT2D eigenvalue weighted by atomic mass is 10.1. The molecule has 0 unspecified atom stereocenters. The Morgan fingerprint density at radius 1 is 1.28 bits per heavy atom. The van der Waals surface area contributed by atoms with Crippen LogP contribution in [0.4, 0.5) is 0 Å². The number of halogens is 1. The predicted molar refractivity (Wildman–Crippen MR) is 119 cm³/mol. The summed E-state index contributed by atoms with van der Waals surface area (Å²) in [5.41, 5.74) is 0.518. The van der Waals surface area contributed by atoms with Gasteiger partial charge in [-0.05, 0) is 48.9 Å². The van der Waals surface area contributed by atoms with Gasteiger partial charge in [-0.1, -0.05) is 17.7 Å². The van der Waals surface area contributed by atoms with Crippen LogP contribution in [0.1, 0.15) is 11.1 Å². The molecular formula is C23H19ClN4O4. The van der Waals surface area contributed by atoms with Crippen LogP contribution in [-0.2, 0) is 9.53 Å². The van der Waals surface area contributed by atoms with Gasteiger partial charge in [0.15, 0.2) is 0 Å². The monoisotopic (exact) mass is 450 g/mol. The van der Waals surface area contributed by atoms with E-state index in [0.717, 1.165) is 5.56 Å². The van der Waals surface area contributed by atoms with Gasteiger partial charge in [0, 0.05) is 24.3 Å².